The molecule has 0 spiro atoms. The van der Waals surface area contributed by atoms with Crippen molar-refractivity contribution in [1.29, 1.82) is 0 Å². The molecule has 0 aliphatic rings. The molecule has 0 heterocycles. The molecule has 0 aliphatic heterocycles. The van der Waals surface area contributed by atoms with Crippen LogP contribution in [0.4, 0.5) is 0 Å². The summed E-state index contributed by atoms with van der Waals surface area (Å²) in [6.45, 7) is 12.4. The summed E-state index contributed by atoms with van der Waals surface area (Å²) < 4.78 is 0. The van der Waals surface area contributed by atoms with E-state index in [0.29, 0.717) is 0 Å². The molecule has 0 radical (unpaired) electrons. The minimum absolute atomic E-state index is 1.08. The minimum atomic E-state index is 1.08. The first-order valence-corrected chi connectivity index (χ1v) is 7.69. The molecule has 0 bridgehead atoms. The Hall–Kier alpha value is -2.34. The van der Waals surface area contributed by atoms with Crippen molar-refractivity contribution in [3.63, 3.8) is 0 Å². The second-order valence-corrected chi connectivity index (χ2v) is 5.81. The zero-order valence-electron chi connectivity index (χ0n) is 14.0. The monoisotopic (exact) mass is 288 g/mol. The van der Waals surface area contributed by atoms with Crippen molar-refractivity contribution in [3.8, 4) is 0 Å². The van der Waals surface area contributed by atoms with Gasteiger partial charge in [0.05, 0.1) is 0 Å². The molecule has 112 valence electrons. The molecule has 2 aromatic rings. The highest BCUT2D eigenvalue weighted by molar-refractivity contribution is 5.82. The van der Waals surface area contributed by atoms with E-state index in [2.05, 4.69) is 88.0 Å². The molecule has 2 rings (SSSR count). The molecule has 0 nitrogen and oxygen atoms in total. The van der Waals surface area contributed by atoms with Crippen LogP contribution in [-0.2, 0) is 0 Å². The second kappa shape index (κ2) is 7.09. The average molecular weight is 288 g/mol. The van der Waals surface area contributed by atoms with Gasteiger partial charge in [-0.1, -0.05) is 77.9 Å². The second-order valence-electron chi connectivity index (χ2n) is 5.81. The predicted octanol–water partition coefficient (Wildman–Crippen LogP) is 6.26. The van der Waals surface area contributed by atoms with Crippen LogP contribution in [-0.4, -0.2) is 0 Å². The van der Waals surface area contributed by atoms with Gasteiger partial charge in [0.25, 0.3) is 0 Å². The van der Waals surface area contributed by atoms with Gasteiger partial charge in [-0.15, -0.1) is 0 Å². The number of hydrogen-bond donors (Lipinski definition) is 0. The molecule has 0 amide bonds. The van der Waals surface area contributed by atoms with Crippen molar-refractivity contribution in [2.75, 3.05) is 0 Å². The Balaban J connectivity index is 2.58. The average Bonchev–Trinajstić information content (AvgIpc) is 2.50. The normalized spacial score (nSPS) is 11.2. The zero-order valence-corrected chi connectivity index (χ0v) is 14.0. The van der Waals surface area contributed by atoms with Gasteiger partial charge >= 0.3 is 0 Å². The first-order valence-electron chi connectivity index (χ1n) is 7.69. The maximum atomic E-state index is 4.08. The van der Waals surface area contributed by atoms with Gasteiger partial charge in [-0.05, 0) is 56.0 Å². The van der Waals surface area contributed by atoms with Crippen molar-refractivity contribution in [2.45, 2.75) is 27.7 Å². The highest BCUT2D eigenvalue weighted by Gasteiger charge is 2.06. The Bertz CT molecular complexity index is 660. The van der Waals surface area contributed by atoms with Crippen LogP contribution in [0.2, 0.25) is 0 Å². The Labute approximate surface area is 134 Å². The van der Waals surface area contributed by atoms with Crippen molar-refractivity contribution in [2.24, 2.45) is 0 Å². The number of rotatable bonds is 4. The SMILES string of the molecule is C=C(C)/C(C=C(c1ccc(C)cc1)c1ccc(C)cc1)=C\C. The smallest absolute Gasteiger partial charge is 0.0105 e. The van der Waals surface area contributed by atoms with Crippen molar-refractivity contribution in [3.05, 3.63) is 101 Å². The van der Waals surface area contributed by atoms with Crippen molar-refractivity contribution in [1.82, 2.24) is 0 Å². The quantitative estimate of drug-likeness (QED) is 0.583. The van der Waals surface area contributed by atoms with E-state index in [1.54, 1.807) is 0 Å². The van der Waals surface area contributed by atoms with Crippen LogP contribution in [0.5, 0.6) is 0 Å². The van der Waals surface area contributed by atoms with Crippen LogP contribution < -0.4 is 0 Å². The molecule has 0 N–H and O–H groups in total. The van der Waals surface area contributed by atoms with E-state index in [-0.39, 0.29) is 0 Å². The van der Waals surface area contributed by atoms with Crippen LogP contribution in [0.15, 0.2) is 78.4 Å². The predicted molar refractivity (Wildman–Crippen MR) is 98.0 cm³/mol. The first kappa shape index (κ1) is 16.0. The van der Waals surface area contributed by atoms with Crippen LogP contribution in [0.3, 0.4) is 0 Å². The lowest BCUT2D eigenvalue weighted by Gasteiger charge is -2.11. The van der Waals surface area contributed by atoms with E-state index in [4.69, 9.17) is 0 Å². The molecule has 0 atom stereocenters. The van der Waals surface area contributed by atoms with Crippen LogP contribution in [0.1, 0.15) is 36.1 Å². The molecule has 0 saturated heterocycles. The summed E-state index contributed by atoms with van der Waals surface area (Å²) in [4.78, 5) is 0. The molecule has 0 unspecified atom stereocenters. The molecule has 0 aliphatic carbocycles. The standard InChI is InChI=1S/C22H24/c1-6-19(16(2)3)15-22(20-11-7-17(4)8-12-20)21-13-9-18(5)10-14-21/h6-15H,2H2,1,3-5H3/b19-6-. The van der Waals surface area contributed by atoms with Crippen LogP contribution in [0, 0.1) is 13.8 Å². The zero-order chi connectivity index (χ0) is 16.1. The van der Waals surface area contributed by atoms with Crippen molar-refractivity contribution < 1.29 is 0 Å². The number of aryl methyl sites for hydroxylation is 2. The van der Waals surface area contributed by atoms with Gasteiger partial charge in [-0.2, -0.15) is 0 Å². The molecule has 2 aromatic carbocycles. The van der Waals surface area contributed by atoms with Gasteiger partial charge in [0.15, 0.2) is 0 Å². The van der Waals surface area contributed by atoms with Gasteiger partial charge in [0.2, 0.25) is 0 Å². The summed E-state index contributed by atoms with van der Waals surface area (Å²) in [5.41, 5.74) is 8.51. The Morgan fingerprint density at radius 3 is 1.55 bits per heavy atom. The Morgan fingerprint density at radius 1 is 0.818 bits per heavy atom. The molecular weight excluding hydrogens is 264 g/mol. The largest absolute Gasteiger partial charge is 0.0955 e. The maximum absolute atomic E-state index is 4.08. The fourth-order valence-corrected chi connectivity index (χ4v) is 2.41. The van der Waals surface area contributed by atoms with E-state index in [1.165, 1.54) is 33.4 Å². The van der Waals surface area contributed by atoms with Crippen LogP contribution >= 0.6 is 0 Å². The van der Waals surface area contributed by atoms with Gasteiger partial charge in [-0.25, -0.2) is 0 Å². The summed E-state index contributed by atoms with van der Waals surface area (Å²) in [5.74, 6) is 0. The maximum Gasteiger partial charge on any atom is -0.0105 e. The summed E-state index contributed by atoms with van der Waals surface area (Å²) in [5, 5.41) is 0. The first-order chi connectivity index (χ1) is 10.5. The summed E-state index contributed by atoms with van der Waals surface area (Å²) in [6, 6.07) is 17.4. The summed E-state index contributed by atoms with van der Waals surface area (Å²) in [6.07, 6.45) is 4.35. The molecule has 0 fully saturated rings. The fourth-order valence-electron chi connectivity index (χ4n) is 2.41. The fraction of sp³-hybridized carbons (Fsp3) is 0.182. The third-order valence-corrected chi connectivity index (χ3v) is 3.83. The highest BCUT2D eigenvalue weighted by Crippen LogP contribution is 2.27. The lowest BCUT2D eigenvalue weighted by atomic mass is 9.93. The van der Waals surface area contributed by atoms with Crippen LogP contribution in [0.25, 0.3) is 5.57 Å². The number of hydrogen-bond acceptors (Lipinski definition) is 0. The number of allylic oxidation sites excluding steroid dienone is 4. The minimum Gasteiger partial charge on any atom is -0.0955 e. The lowest BCUT2D eigenvalue weighted by molar-refractivity contribution is 1.40. The van der Waals surface area contributed by atoms with E-state index >= 15 is 0 Å². The van der Waals surface area contributed by atoms with Gasteiger partial charge in [0.1, 0.15) is 0 Å². The third kappa shape index (κ3) is 3.85. The van der Waals surface area contributed by atoms with Gasteiger partial charge in [0, 0.05) is 0 Å². The third-order valence-electron chi connectivity index (χ3n) is 3.83. The van der Waals surface area contributed by atoms with Gasteiger partial charge in [-0.3, -0.25) is 0 Å². The van der Waals surface area contributed by atoms with E-state index in [9.17, 15) is 0 Å². The molecular formula is C22H24. The Morgan fingerprint density at radius 2 is 1.23 bits per heavy atom. The molecule has 0 aromatic heterocycles. The molecule has 0 heteroatoms. The number of benzene rings is 2. The lowest BCUT2D eigenvalue weighted by Crippen LogP contribution is -1.91. The van der Waals surface area contributed by atoms with E-state index in [0.717, 1.165) is 5.57 Å². The molecule has 22 heavy (non-hydrogen) atoms. The summed E-state index contributed by atoms with van der Waals surface area (Å²) >= 11 is 0. The molecule has 0 saturated carbocycles. The van der Waals surface area contributed by atoms with E-state index < -0.39 is 0 Å². The summed E-state index contributed by atoms with van der Waals surface area (Å²) in [7, 11) is 0. The van der Waals surface area contributed by atoms with Crippen molar-refractivity contribution >= 4 is 5.57 Å². The highest BCUT2D eigenvalue weighted by atomic mass is 14.1. The van der Waals surface area contributed by atoms with E-state index in [1.807, 2.05) is 6.92 Å². The Kier molecular flexibility index (Phi) is 5.16. The topological polar surface area (TPSA) is 0 Å². The van der Waals surface area contributed by atoms with Gasteiger partial charge < -0.3 is 0 Å².